The molecule has 2 N–H and O–H groups in total. The molecule has 1 aromatic heterocycles. The minimum absolute atomic E-state index is 0.300. The van der Waals surface area contributed by atoms with E-state index in [1.807, 2.05) is 11.8 Å². The van der Waals surface area contributed by atoms with Gasteiger partial charge in [-0.25, -0.2) is 0 Å². The summed E-state index contributed by atoms with van der Waals surface area (Å²) in [5.41, 5.74) is 0. The molecule has 1 aromatic rings. The molecule has 21 heavy (non-hydrogen) atoms. The van der Waals surface area contributed by atoms with E-state index in [4.69, 9.17) is 4.52 Å². The Labute approximate surface area is 130 Å². The van der Waals surface area contributed by atoms with Crippen molar-refractivity contribution in [2.75, 3.05) is 25.1 Å². The molecule has 1 unspecified atom stereocenters. The zero-order valence-corrected chi connectivity index (χ0v) is 13.9. The Kier molecular flexibility index (Phi) is 6.35. The lowest BCUT2D eigenvalue weighted by Gasteiger charge is -2.24. The normalized spacial score (nSPS) is 19.8. The third kappa shape index (κ3) is 5.22. The van der Waals surface area contributed by atoms with Crippen LogP contribution in [0, 0.1) is 0 Å². The fraction of sp³-hybridized carbons (Fsp3) is 0.786. The zero-order chi connectivity index (χ0) is 15.1. The quantitative estimate of drug-likeness (QED) is 0.638. The zero-order valence-electron chi connectivity index (χ0n) is 13.1. The fourth-order valence-electron chi connectivity index (χ4n) is 2.13. The van der Waals surface area contributed by atoms with Crippen molar-refractivity contribution in [3.63, 3.8) is 0 Å². The second kappa shape index (κ2) is 8.26. The van der Waals surface area contributed by atoms with Gasteiger partial charge in [-0.05, 0) is 18.6 Å². The monoisotopic (exact) mass is 311 g/mol. The summed E-state index contributed by atoms with van der Waals surface area (Å²) in [5.74, 6) is 5.03. The smallest absolute Gasteiger partial charge is 0.228 e. The Balaban J connectivity index is 1.72. The lowest BCUT2D eigenvalue weighted by atomic mass is 10.2. The first kappa shape index (κ1) is 16.1. The number of rotatable bonds is 5. The third-order valence-corrected chi connectivity index (χ3v) is 4.57. The van der Waals surface area contributed by atoms with E-state index in [9.17, 15) is 0 Å². The maximum atomic E-state index is 5.23. The number of hydrogen-bond acceptors (Lipinski definition) is 5. The maximum Gasteiger partial charge on any atom is 0.228 e. The van der Waals surface area contributed by atoms with E-state index in [0.29, 0.717) is 24.3 Å². The van der Waals surface area contributed by atoms with Gasteiger partial charge in [0.2, 0.25) is 5.89 Å². The van der Waals surface area contributed by atoms with Gasteiger partial charge < -0.3 is 15.2 Å². The Morgan fingerprint density at radius 3 is 3.00 bits per heavy atom. The van der Waals surface area contributed by atoms with E-state index >= 15 is 0 Å². The van der Waals surface area contributed by atoms with Gasteiger partial charge in [-0.1, -0.05) is 19.0 Å². The molecule has 2 rings (SSSR count). The highest BCUT2D eigenvalue weighted by atomic mass is 32.2. The maximum absolute atomic E-state index is 5.23. The summed E-state index contributed by atoms with van der Waals surface area (Å²) in [4.78, 5) is 8.63. The first-order valence-corrected chi connectivity index (χ1v) is 8.72. The molecule has 0 saturated carbocycles. The van der Waals surface area contributed by atoms with E-state index in [1.165, 1.54) is 18.6 Å². The molecule has 118 valence electrons. The van der Waals surface area contributed by atoms with Crippen molar-refractivity contribution < 1.29 is 4.52 Å². The molecule has 0 aliphatic carbocycles. The van der Waals surface area contributed by atoms with E-state index in [-0.39, 0.29) is 0 Å². The molecule has 1 atom stereocenters. The third-order valence-electron chi connectivity index (χ3n) is 3.36. The topological polar surface area (TPSA) is 75.3 Å². The number of aliphatic imine (C=N–C) groups is 1. The molecular weight excluding hydrogens is 286 g/mol. The highest BCUT2D eigenvalue weighted by molar-refractivity contribution is 7.99. The molecule has 0 bridgehead atoms. The van der Waals surface area contributed by atoms with E-state index in [0.717, 1.165) is 24.1 Å². The van der Waals surface area contributed by atoms with Crippen LogP contribution in [0.2, 0.25) is 0 Å². The Morgan fingerprint density at radius 2 is 2.38 bits per heavy atom. The molecule has 0 aromatic carbocycles. The van der Waals surface area contributed by atoms with Gasteiger partial charge in [-0.2, -0.15) is 16.7 Å². The predicted molar refractivity (Wildman–Crippen MR) is 86.9 cm³/mol. The van der Waals surface area contributed by atoms with Crippen molar-refractivity contribution in [3.05, 3.63) is 11.7 Å². The van der Waals surface area contributed by atoms with Crippen molar-refractivity contribution in [2.24, 2.45) is 4.99 Å². The van der Waals surface area contributed by atoms with Crippen LogP contribution in [0.5, 0.6) is 0 Å². The van der Waals surface area contributed by atoms with Crippen LogP contribution < -0.4 is 10.6 Å². The molecule has 2 heterocycles. The SMILES string of the molecule is CN=C(NCCc1nc(C(C)C)no1)NC1CCCSC1. The molecule has 0 radical (unpaired) electrons. The van der Waals surface area contributed by atoms with Crippen LogP contribution in [0.25, 0.3) is 0 Å². The van der Waals surface area contributed by atoms with Crippen molar-refractivity contribution in [1.82, 2.24) is 20.8 Å². The molecule has 7 heteroatoms. The van der Waals surface area contributed by atoms with Crippen LogP contribution in [0.15, 0.2) is 9.52 Å². The molecule has 0 amide bonds. The lowest BCUT2D eigenvalue weighted by Crippen LogP contribution is -2.46. The first-order chi connectivity index (χ1) is 10.2. The summed E-state index contributed by atoms with van der Waals surface area (Å²) < 4.78 is 5.23. The minimum atomic E-state index is 0.300. The first-order valence-electron chi connectivity index (χ1n) is 7.56. The van der Waals surface area contributed by atoms with Gasteiger partial charge in [-0.15, -0.1) is 0 Å². The van der Waals surface area contributed by atoms with Gasteiger partial charge in [0, 0.05) is 37.7 Å². The summed E-state index contributed by atoms with van der Waals surface area (Å²) >= 11 is 2.00. The Hall–Kier alpha value is -1.24. The molecule has 1 fully saturated rings. The van der Waals surface area contributed by atoms with Crippen molar-refractivity contribution in [1.29, 1.82) is 0 Å². The van der Waals surface area contributed by atoms with Crippen molar-refractivity contribution in [2.45, 2.75) is 45.1 Å². The van der Waals surface area contributed by atoms with Gasteiger partial charge in [0.15, 0.2) is 11.8 Å². The lowest BCUT2D eigenvalue weighted by molar-refractivity contribution is 0.371. The number of aromatic nitrogens is 2. The fourth-order valence-corrected chi connectivity index (χ4v) is 3.21. The molecular formula is C14H25N5OS. The number of nitrogens with zero attached hydrogens (tertiary/aromatic N) is 3. The summed E-state index contributed by atoms with van der Waals surface area (Å²) in [6.45, 7) is 4.85. The summed E-state index contributed by atoms with van der Waals surface area (Å²) in [7, 11) is 1.80. The van der Waals surface area contributed by atoms with Crippen LogP contribution >= 0.6 is 11.8 Å². The van der Waals surface area contributed by atoms with Crippen LogP contribution in [0.4, 0.5) is 0 Å². The second-order valence-electron chi connectivity index (χ2n) is 5.51. The van der Waals surface area contributed by atoms with Crippen molar-refractivity contribution >= 4 is 17.7 Å². The largest absolute Gasteiger partial charge is 0.356 e. The molecule has 1 aliphatic heterocycles. The highest BCUT2D eigenvalue weighted by Crippen LogP contribution is 2.16. The van der Waals surface area contributed by atoms with Crippen molar-refractivity contribution in [3.8, 4) is 0 Å². The van der Waals surface area contributed by atoms with E-state index < -0.39 is 0 Å². The van der Waals surface area contributed by atoms with E-state index in [1.54, 1.807) is 7.05 Å². The van der Waals surface area contributed by atoms with Crippen LogP contribution in [0.1, 0.15) is 44.3 Å². The molecule has 1 saturated heterocycles. The Bertz CT molecular complexity index is 454. The predicted octanol–water partition coefficient (Wildman–Crippen LogP) is 1.80. The van der Waals surface area contributed by atoms with E-state index in [2.05, 4.69) is 39.6 Å². The minimum Gasteiger partial charge on any atom is -0.356 e. The molecule has 6 nitrogen and oxygen atoms in total. The van der Waals surface area contributed by atoms with Gasteiger partial charge in [0.25, 0.3) is 0 Å². The summed E-state index contributed by atoms with van der Waals surface area (Å²) in [5, 5.41) is 10.7. The van der Waals surface area contributed by atoms with Gasteiger partial charge in [0.1, 0.15) is 0 Å². The average Bonchev–Trinajstić information content (AvgIpc) is 2.96. The second-order valence-corrected chi connectivity index (χ2v) is 6.66. The molecule has 0 spiro atoms. The van der Waals surface area contributed by atoms with Crippen LogP contribution in [-0.2, 0) is 6.42 Å². The highest BCUT2D eigenvalue weighted by Gasteiger charge is 2.15. The molecule has 1 aliphatic rings. The van der Waals surface area contributed by atoms with Crippen LogP contribution in [0.3, 0.4) is 0 Å². The number of guanidine groups is 1. The van der Waals surface area contributed by atoms with Gasteiger partial charge in [-0.3, -0.25) is 4.99 Å². The number of nitrogens with one attached hydrogen (secondary N) is 2. The average molecular weight is 311 g/mol. The van der Waals surface area contributed by atoms with Gasteiger partial charge in [0.05, 0.1) is 0 Å². The summed E-state index contributed by atoms with van der Waals surface area (Å²) in [6, 6.07) is 0.519. The summed E-state index contributed by atoms with van der Waals surface area (Å²) in [6.07, 6.45) is 3.20. The standard InChI is InChI=1S/C14H25N5OS/c1-10(2)13-18-12(20-19-13)6-7-16-14(15-3)17-11-5-4-8-21-9-11/h10-11H,4-9H2,1-3H3,(H2,15,16,17). The number of thioether (sulfide) groups is 1. The van der Waals surface area contributed by atoms with Gasteiger partial charge >= 0.3 is 0 Å². The Morgan fingerprint density at radius 1 is 1.52 bits per heavy atom. The number of hydrogen-bond donors (Lipinski definition) is 2. The van der Waals surface area contributed by atoms with Crippen LogP contribution in [-0.4, -0.2) is 47.2 Å².